The van der Waals surface area contributed by atoms with Crippen LogP contribution in [-0.4, -0.2) is 63.9 Å². The summed E-state index contributed by atoms with van der Waals surface area (Å²) in [6, 6.07) is 6.89. The highest BCUT2D eigenvalue weighted by atomic mass is 16.5. The standard InChI is InChI=1S/C20H29N3O4/c1-2-12-27-17-6-4-16(5-7-17)23-19(24)15-18(20(23)25)21-8-3-9-22-10-13-26-14-11-22/h4-7,18,21H,2-3,8-15H2,1H3/p+2/t18-/m0/s1. The molecular formula is C20H31N3O4+2. The van der Waals surface area contributed by atoms with Crippen LogP contribution in [0.25, 0.3) is 0 Å². The molecule has 7 nitrogen and oxygen atoms in total. The van der Waals surface area contributed by atoms with Gasteiger partial charge in [0, 0.05) is 6.42 Å². The van der Waals surface area contributed by atoms with E-state index in [9.17, 15) is 9.59 Å². The number of nitrogens with one attached hydrogen (secondary N) is 1. The van der Waals surface area contributed by atoms with E-state index in [0.29, 0.717) is 12.3 Å². The van der Waals surface area contributed by atoms with Gasteiger partial charge in [0.05, 0.1) is 45.0 Å². The Kier molecular flexibility index (Phi) is 7.20. The van der Waals surface area contributed by atoms with Gasteiger partial charge in [-0.1, -0.05) is 6.92 Å². The zero-order chi connectivity index (χ0) is 19.1. The molecule has 1 aromatic rings. The van der Waals surface area contributed by atoms with Crippen molar-refractivity contribution in [3.05, 3.63) is 24.3 Å². The largest absolute Gasteiger partial charge is 0.494 e. The quantitative estimate of drug-likeness (QED) is 0.427. The molecule has 2 amide bonds. The Morgan fingerprint density at radius 2 is 1.96 bits per heavy atom. The number of imide groups is 1. The zero-order valence-electron chi connectivity index (χ0n) is 16.1. The molecule has 27 heavy (non-hydrogen) atoms. The summed E-state index contributed by atoms with van der Waals surface area (Å²) in [6.07, 6.45) is 2.25. The Balaban J connectivity index is 1.47. The van der Waals surface area contributed by atoms with Crippen LogP contribution in [0.15, 0.2) is 24.3 Å². The molecule has 0 radical (unpaired) electrons. The van der Waals surface area contributed by atoms with E-state index in [4.69, 9.17) is 9.47 Å². The van der Waals surface area contributed by atoms with Crippen LogP contribution in [0.3, 0.4) is 0 Å². The van der Waals surface area contributed by atoms with Gasteiger partial charge in [-0.15, -0.1) is 0 Å². The number of amides is 2. The number of hydrogen-bond acceptors (Lipinski definition) is 4. The number of carbonyl (C=O) groups excluding carboxylic acids is 2. The van der Waals surface area contributed by atoms with E-state index in [0.717, 1.165) is 58.0 Å². The molecule has 0 bridgehead atoms. The summed E-state index contributed by atoms with van der Waals surface area (Å²) in [5, 5.41) is 2.03. The number of rotatable bonds is 9. The van der Waals surface area contributed by atoms with E-state index in [1.54, 1.807) is 17.0 Å². The average Bonchev–Trinajstić information content (AvgIpc) is 2.98. The maximum Gasteiger partial charge on any atom is 0.292 e. The summed E-state index contributed by atoms with van der Waals surface area (Å²) in [5.41, 5.74) is 0.627. The lowest BCUT2D eigenvalue weighted by Gasteiger charge is -2.23. The Hall–Kier alpha value is -1.96. The van der Waals surface area contributed by atoms with Crippen LogP contribution in [0.2, 0.25) is 0 Å². The number of nitrogens with two attached hydrogens (primary N) is 1. The second kappa shape index (κ2) is 9.82. The molecule has 0 saturated carbocycles. The van der Waals surface area contributed by atoms with Crippen molar-refractivity contribution in [3.8, 4) is 5.75 Å². The first-order valence-corrected chi connectivity index (χ1v) is 10.0. The lowest BCUT2D eigenvalue weighted by Crippen LogP contribution is -3.14. The minimum Gasteiger partial charge on any atom is -0.494 e. The number of quaternary nitrogens is 2. The third-order valence-electron chi connectivity index (χ3n) is 5.13. The first kappa shape index (κ1) is 19.8. The number of ether oxygens (including phenoxy) is 2. The van der Waals surface area contributed by atoms with Crippen LogP contribution < -0.4 is 19.9 Å². The summed E-state index contributed by atoms with van der Waals surface area (Å²) in [7, 11) is 0. The van der Waals surface area contributed by atoms with Crippen molar-refractivity contribution in [2.75, 3.05) is 50.9 Å². The highest BCUT2D eigenvalue weighted by Gasteiger charge is 2.42. The fraction of sp³-hybridized carbons (Fsp3) is 0.600. The van der Waals surface area contributed by atoms with E-state index in [2.05, 4.69) is 6.92 Å². The fourth-order valence-corrected chi connectivity index (χ4v) is 3.60. The van der Waals surface area contributed by atoms with Gasteiger partial charge in [-0.05, 0) is 30.7 Å². The van der Waals surface area contributed by atoms with E-state index in [-0.39, 0.29) is 24.3 Å². The molecule has 2 fully saturated rings. The zero-order valence-corrected chi connectivity index (χ0v) is 16.1. The molecule has 2 saturated heterocycles. The summed E-state index contributed by atoms with van der Waals surface area (Å²) < 4.78 is 10.9. The van der Waals surface area contributed by atoms with Crippen molar-refractivity contribution < 1.29 is 29.3 Å². The van der Waals surface area contributed by atoms with E-state index >= 15 is 0 Å². The third-order valence-corrected chi connectivity index (χ3v) is 5.13. The summed E-state index contributed by atoms with van der Waals surface area (Å²) in [5.74, 6) is 0.525. The van der Waals surface area contributed by atoms with Crippen LogP contribution in [0.1, 0.15) is 26.2 Å². The molecule has 0 spiro atoms. The minimum absolute atomic E-state index is 0.110. The highest BCUT2D eigenvalue weighted by molar-refractivity contribution is 6.21. The van der Waals surface area contributed by atoms with Gasteiger partial charge >= 0.3 is 0 Å². The number of carbonyl (C=O) groups is 2. The molecule has 3 N–H and O–H groups in total. The van der Waals surface area contributed by atoms with Crippen molar-refractivity contribution in [1.82, 2.24) is 0 Å². The lowest BCUT2D eigenvalue weighted by molar-refractivity contribution is -0.909. The van der Waals surface area contributed by atoms with E-state index in [1.807, 2.05) is 17.4 Å². The fourth-order valence-electron chi connectivity index (χ4n) is 3.60. The van der Waals surface area contributed by atoms with Crippen molar-refractivity contribution >= 4 is 17.5 Å². The van der Waals surface area contributed by atoms with Crippen molar-refractivity contribution in [2.45, 2.75) is 32.2 Å². The Labute approximate surface area is 160 Å². The Bertz CT molecular complexity index is 629. The topological polar surface area (TPSA) is 76.9 Å². The monoisotopic (exact) mass is 377 g/mol. The van der Waals surface area contributed by atoms with Gasteiger partial charge in [0.15, 0.2) is 6.04 Å². The number of nitrogens with zero attached hydrogens (tertiary/aromatic N) is 1. The molecule has 0 aromatic heterocycles. The van der Waals surface area contributed by atoms with Gasteiger partial charge < -0.3 is 19.7 Å². The molecule has 1 aromatic carbocycles. The normalized spacial score (nSPS) is 21.1. The molecule has 1 atom stereocenters. The maximum absolute atomic E-state index is 12.7. The molecule has 2 aliphatic heterocycles. The minimum atomic E-state index is -0.298. The first-order chi connectivity index (χ1) is 13.2. The molecule has 148 valence electrons. The van der Waals surface area contributed by atoms with Crippen molar-refractivity contribution in [2.24, 2.45) is 0 Å². The highest BCUT2D eigenvalue weighted by Crippen LogP contribution is 2.24. The van der Waals surface area contributed by atoms with Crippen molar-refractivity contribution in [1.29, 1.82) is 0 Å². The van der Waals surface area contributed by atoms with Crippen LogP contribution >= 0.6 is 0 Å². The Morgan fingerprint density at radius 3 is 2.67 bits per heavy atom. The molecular weight excluding hydrogens is 346 g/mol. The second-order valence-electron chi connectivity index (χ2n) is 7.21. The van der Waals surface area contributed by atoms with Gasteiger partial charge in [-0.2, -0.15) is 0 Å². The average molecular weight is 377 g/mol. The smallest absolute Gasteiger partial charge is 0.292 e. The molecule has 0 aliphatic carbocycles. The van der Waals surface area contributed by atoms with Gasteiger partial charge in [0.1, 0.15) is 18.8 Å². The number of morpholine rings is 1. The maximum atomic E-state index is 12.7. The molecule has 2 heterocycles. The van der Waals surface area contributed by atoms with Gasteiger partial charge in [0.2, 0.25) is 5.91 Å². The molecule has 2 aliphatic rings. The molecule has 7 heteroatoms. The summed E-state index contributed by atoms with van der Waals surface area (Å²) in [6.45, 7) is 8.47. The van der Waals surface area contributed by atoms with E-state index in [1.165, 1.54) is 4.90 Å². The van der Waals surface area contributed by atoms with Crippen LogP contribution in [0.5, 0.6) is 5.75 Å². The Morgan fingerprint density at radius 1 is 1.22 bits per heavy atom. The summed E-state index contributed by atoms with van der Waals surface area (Å²) >= 11 is 0. The number of hydrogen-bond donors (Lipinski definition) is 2. The third kappa shape index (κ3) is 5.28. The second-order valence-corrected chi connectivity index (χ2v) is 7.21. The lowest BCUT2D eigenvalue weighted by atomic mass is 10.2. The van der Waals surface area contributed by atoms with Crippen LogP contribution in [-0.2, 0) is 14.3 Å². The van der Waals surface area contributed by atoms with Gasteiger partial charge in [-0.3, -0.25) is 9.59 Å². The predicted molar refractivity (Wildman–Crippen MR) is 101 cm³/mol. The first-order valence-electron chi connectivity index (χ1n) is 10.0. The molecule has 3 rings (SSSR count). The molecule has 0 unspecified atom stereocenters. The van der Waals surface area contributed by atoms with Crippen LogP contribution in [0, 0.1) is 0 Å². The van der Waals surface area contributed by atoms with Gasteiger partial charge in [-0.25, -0.2) is 4.90 Å². The van der Waals surface area contributed by atoms with Crippen molar-refractivity contribution in [3.63, 3.8) is 0 Å². The van der Waals surface area contributed by atoms with Gasteiger partial charge in [0.25, 0.3) is 5.91 Å². The SMILES string of the molecule is CCCOc1ccc(N2C(=O)C[C@H]([NH2+]CCC[NH+]3CCOCC3)C2=O)cc1. The predicted octanol–water partition coefficient (Wildman–Crippen LogP) is -1.02. The number of anilines is 1. The van der Waals surface area contributed by atoms with E-state index < -0.39 is 0 Å². The summed E-state index contributed by atoms with van der Waals surface area (Å²) in [4.78, 5) is 27.9. The number of benzene rings is 1. The van der Waals surface area contributed by atoms with Crippen LogP contribution in [0.4, 0.5) is 5.69 Å².